The summed E-state index contributed by atoms with van der Waals surface area (Å²) in [7, 11) is 0. The van der Waals surface area contributed by atoms with Crippen LogP contribution in [-0.4, -0.2) is 12.7 Å². The van der Waals surface area contributed by atoms with Gasteiger partial charge in [-0.15, -0.1) is 0 Å². The number of hydrogen-bond acceptors (Lipinski definition) is 1. The molecular weight excluding hydrogens is 342 g/mol. The van der Waals surface area contributed by atoms with Gasteiger partial charge in [-0.25, -0.2) is 0 Å². The van der Waals surface area contributed by atoms with Crippen LogP contribution in [0.4, 0.5) is 18.9 Å². The third-order valence-electron chi connectivity index (χ3n) is 1.95. The number of nitrogens with one attached hydrogen (secondary N) is 1. The van der Waals surface area contributed by atoms with Crippen molar-refractivity contribution >= 4 is 44.8 Å². The Kier molecular flexibility index (Phi) is 5.41. The molecule has 0 aliphatic rings. The lowest BCUT2D eigenvalue weighted by Gasteiger charge is -2.11. The van der Waals surface area contributed by atoms with Crippen LogP contribution in [0.2, 0.25) is 10.0 Å². The molecule has 17 heavy (non-hydrogen) atoms. The number of benzene rings is 1. The van der Waals surface area contributed by atoms with Crippen LogP contribution < -0.4 is 5.32 Å². The van der Waals surface area contributed by atoms with Gasteiger partial charge in [-0.3, -0.25) is 0 Å². The van der Waals surface area contributed by atoms with Gasteiger partial charge < -0.3 is 5.32 Å². The van der Waals surface area contributed by atoms with Gasteiger partial charge in [-0.05, 0) is 18.6 Å². The third kappa shape index (κ3) is 5.36. The van der Waals surface area contributed by atoms with E-state index in [1.54, 1.807) is 12.1 Å². The van der Waals surface area contributed by atoms with Crippen LogP contribution >= 0.6 is 39.1 Å². The van der Waals surface area contributed by atoms with Crippen molar-refractivity contribution in [3.05, 3.63) is 26.7 Å². The van der Waals surface area contributed by atoms with E-state index in [4.69, 9.17) is 23.2 Å². The van der Waals surface area contributed by atoms with E-state index < -0.39 is 12.6 Å². The van der Waals surface area contributed by atoms with Crippen molar-refractivity contribution in [2.45, 2.75) is 19.0 Å². The standard InChI is InChI=1S/C10H9BrCl2F3N/c11-6-4-7(12)9(8(13)5-6)17-3-1-2-10(14,15)16/h4-5,17H,1-3H2. The lowest BCUT2D eigenvalue weighted by Crippen LogP contribution is -2.11. The first-order valence-corrected chi connectivity index (χ1v) is 6.29. The smallest absolute Gasteiger partial charge is 0.383 e. The van der Waals surface area contributed by atoms with Crippen molar-refractivity contribution in [2.75, 3.05) is 11.9 Å². The lowest BCUT2D eigenvalue weighted by molar-refractivity contribution is -0.134. The summed E-state index contributed by atoms with van der Waals surface area (Å²) in [4.78, 5) is 0. The van der Waals surface area contributed by atoms with Gasteiger partial charge in [-0.1, -0.05) is 39.1 Å². The monoisotopic (exact) mass is 349 g/mol. The quantitative estimate of drug-likeness (QED) is 0.706. The first-order valence-electron chi connectivity index (χ1n) is 4.75. The van der Waals surface area contributed by atoms with Crippen LogP contribution in [0.1, 0.15) is 12.8 Å². The van der Waals surface area contributed by atoms with Crippen molar-refractivity contribution in [1.82, 2.24) is 0 Å². The fraction of sp³-hybridized carbons (Fsp3) is 0.400. The Balaban J connectivity index is 2.53. The Labute approximate surface area is 115 Å². The van der Waals surface area contributed by atoms with Gasteiger partial charge in [0, 0.05) is 17.4 Å². The van der Waals surface area contributed by atoms with Crippen molar-refractivity contribution in [3.63, 3.8) is 0 Å². The Bertz CT molecular complexity index is 373. The summed E-state index contributed by atoms with van der Waals surface area (Å²) in [5, 5.41) is 3.54. The number of hydrogen-bond donors (Lipinski definition) is 1. The molecule has 0 saturated heterocycles. The van der Waals surface area contributed by atoms with Gasteiger partial charge >= 0.3 is 6.18 Å². The Morgan fingerprint density at radius 3 is 2.18 bits per heavy atom. The maximum Gasteiger partial charge on any atom is 0.389 e. The molecule has 7 heteroatoms. The summed E-state index contributed by atoms with van der Waals surface area (Å²) in [6.07, 6.45) is -4.98. The van der Waals surface area contributed by atoms with Crippen LogP contribution in [0.5, 0.6) is 0 Å². The first-order chi connectivity index (χ1) is 7.79. The summed E-state index contributed by atoms with van der Waals surface area (Å²) in [6, 6.07) is 3.25. The fourth-order valence-electron chi connectivity index (χ4n) is 1.21. The molecule has 0 atom stereocenters. The molecule has 0 fully saturated rings. The molecular formula is C10H9BrCl2F3N. The highest BCUT2D eigenvalue weighted by atomic mass is 79.9. The number of halogens is 6. The largest absolute Gasteiger partial charge is 0.389 e. The average Bonchev–Trinajstić information content (AvgIpc) is 2.13. The third-order valence-corrected chi connectivity index (χ3v) is 3.00. The van der Waals surface area contributed by atoms with Gasteiger partial charge in [0.1, 0.15) is 0 Å². The molecule has 1 aromatic rings. The summed E-state index contributed by atoms with van der Waals surface area (Å²) < 4.78 is 36.4. The molecule has 0 aromatic heterocycles. The second-order valence-electron chi connectivity index (χ2n) is 3.39. The van der Waals surface area contributed by atoms with Gasteiger partial charge in [0.05, 0.1) is 15.7 Å². The first kappa shape index (κ1) is 14.9. The second kappa shape index (κ2) is 6.16. The zero-order chi connectivity index (χ0) is 13.1. The number of rotatable bonds is 4. The summed E-state index contributed by atoms with van der Waals surface area (Å²) >= 11 is 15.0. The summed E-state index contributed by atoms with van der Waals surface area (Å²) in [5.74, 6) is 0. The normalized spacial score (nSPS) is 11.6. The Morgan fingerprint density at radius 2 is 1.71 bits per heavy atom. The van der Waals surface area contributed by atoms with Gasteiger partial charge in [0.15, 0.2) is 0 Å². The van der Waals surface area contributed by atoms with E-state index in [0.29, 0.717) is 20.2 Å². The van der Waals surface area contributed by atoms with E-state index in [1.165, 1.54) is 0 Å². The van der Waals surface area contributed by atoms with E-state index in [2.05, 4.69) is 21.2 Å². The molecule has 0 heterocycles. The number of alkyl halides is 3. The van der Waals surface area contributed by atoms with Crippen molar-refractivity contribution in [2.24, 2.45) is 0 Å². The van der Waals surface area contributed by atoms with Crippen molar-refractivity contribution in [3.8, 4) is 0 Å². The number of anilines is 1. The second-order valence-corrected chi connectivity index (χ2v) is 5.12. The molecule has 0 bridgehead atoms. The van der Waals surface area contributed by atoms with Crippen LogP contribution in [0.15, 0.2) is 16.6 Å². The van der Waals surface area contributed by atoms with Gasteiger partial charge in [0.2, 0.25) is 0 Å². The van der Waals surface area contributed by atoms with E-state index >= 15 is 0 Å². The van der Waals surface area contributed by atoms with Gasteiger partial charge in [0.25, 0.3) is 0 Å². The summed E-state index contributed by atoms with van der Waals surface area (Å²) in [6.45, 7) is 0.167. The van der Waals surface area contributed by atoms with Gasteiger partial charge in [-0.2, -0.15) is 13.2 Å². The highest BCUT2D eigenvalue weighted by Gasteiger charge is 2.25. The molecule has 96 valence electrons. The van der Waals surface area contributed by atoms with Crippen LogP contribution in [-0.2, 0) is 0 Å². The Hall–Kier alpha value is -0.130. The van der Waals surface area contributed by atoms with E-state index in [9.17, 15) is 13.2 Å². The minimum atomic E-state index is -4.13. The highest BCUT2D eigenvalue weighted by Crippen LogP contribution is 2.33. The predicted octanol–water partition coefficient (Wildman–Crippen LogP) is 5.51. The van der Waals surface area contributed by atoms with E-state index in [1.807, 2.05) is 0 Å². The topological polar surface area (TPSA) is 12.0 Å². The molecule has 1 N–H and O–H groups in total. The average molecular weight is 351 g/mol. The molecule has 0 aliphatic carbocycles. The zero-order valence-corrected chi connectivity index (χ0v) is 11.6. The maximum atomic E-state index is 11.9. The molecule has 1 nitrogen and oxygen atoms in total. The Morgan fingerprint density at radius 1 is 1.18 bits per heavy atom. The van der Waals surface area contributed by atoms with Crippen LogP contribution in [0.25, 0.3) is 0 Å². The van der Waals surface area contributed by atoms with E-state index in [0.717, 1.165) is 0 Å². The lowest BCUT2D eigenvalue weighted by atomic mass is 10.2. The van der Waals surface area contributed by atoms with Crippen molar-refractivity contribution < 1.29 is 13.2 Å². The molecule has 0 unspecified atom stereocenters. The molecule has 1 rings (SSSR count). The molecule has 1 aromatic carbocycles. The minimum Gasteiger partial charge on any atom is -0.383 e. The fourth-order valence-corrected chi connectivity index (χ4v) is 2.56. The molecule has 0 aliphatic heterocycles. The highest BCUT2D eigenvalue weighted by molar-refractivity contribution is 9.10. The van der Waals surface area contributed by atoms with Crippen molar-refractivity contribution in [1.29, 1.82) is 0 Å². The molecule has 0 amide bonds. The minimum absolute atomic E-state index is 0.0216. The van der Waals surface area contributed by atoms with Crippen LogP contribution in [0.3, 0.4) is 0 Å². The summed E-state index contributed by atoms with van der Waals surface area (Å²) in [5.41, 5.74) is 0.457. The maximum absolute atomic E-state index is 11.9. The predicted molar refractivity (Wildman–Crippen MR) is 67.9 cm³/mol. The molecule has 0 spiro atoms. The SMILES string of the molecule is FC(F)(F)CCCNc1c(Cl)cc(Br)cc1Cl. The van der Waals surface area contributed by atoms with Crippen LogP contribution in [0, 0.1) is 0 Å². The molecule has 0 saturated carbocycles. The zero-order valence-electron chi connectivity index (χ0n) is 8.54. The molecule has 0 radical (unpaired) electrons. The van der Waals surface area contributed by atoms with E-state index in [-0.39, 0.29) is 13.0 Å².